The molecule has 1 unspecified atom stereocenters. The second kappa shape index (κ2) is 6.26. The topological polar surface area (TPSA) is 63.4 Å². The number of rotatable bonds is 6. The maximum Gasteiger partial charge on any atom is 0.148 e. The Morgan fingerprint density at radius 3 is 2.67 bits per heavy atom. The van der Waals surface area contributed by atoms with Crippen LogP contribution in [0.2, 0.25) is 0 Å². The molecule has 0 heterocycles. The molecule has 0 radical (unpaired) electrons. The Balaban J connectivity index is 2.52. The van der Waals surface area contributed by atoms with Gasteiger partial charge in [-0.2, -0.15) is 0 Å². The number of halogens is 1. The maximum absolute atomic E-state index is 13.0. The van der Waals surface area contributed by atoms with Crippen LogP contribution in [0.5, 0.6) is 0 Å². The fraction of sp³-hybridized carbons (Fsp3) is 0.500. The molecule has 0 aliphatic carbocycles. The first-order valence-corrected chi connectivity index (χ1v) is 7.71. The summed E-state index contributed by atoms with van der Waals surface area (Å²) in [6, 6.07) is 5.81. The van der Waals surface area contributed by atoms with Crippen LogP contribution in [0.4, 0.5) is 4.39 Å². The number of benzene rings is 1. The fourth-order valence-electron chi connectivity index (χ4n) is 1.59. The van der Waals surface area contributed by atoms with Gasteiger partial charge in [0, 0.05) is 25.4 Å². The summed E-state index contributed by atoms with van der Waals surface area (Å²) in [6.45, 7) is 0.904. The molecule has 1 aromatic carbocycles. The molecule has 1 rings (SSSR count). The van der Waals surface area contributed by atoms with E-state index >= 15 is 0 Å². The average Bonchev–Trinajstić information content (AvgIpc) is 2.25. The first-order valence-electron chi connectivity index (χ1n) is 5.65. The van der Waals surface area contributed by atoms with E-state index < -0.39 is 9.84 Å². The van der Waals surface area contributed by atoms with Crippen LogP contribution in [0.25, 0.3) is 0 Å². The number of likely N-dealkylation sites (N-methyl/N-ethyl adjacent to an activating group) is 1. The molecule has 4 nitrogen and oxygen atoms in total. The summed E-state index contributed by atoms with van der Waals surface area (Å²) < 4.78 is 35.1. The van der Waals surface area contributed by atoms with E-state index in [0.717, 1.165) is 0 Å². The van der Waals surface area contributed by atoms with Crippen molar-refractivity contribution in [3.05, 3.63) is 35.6 Å². The van der Waals surface area contributed by atoms with Crippen molar-refractivity contribution in [2.24, 2.45) is 5.73 Å². The third-order valence-corrected chi connectivity index (χ3v) is 3.55. The van der Waals surface area contributed by atoms with E-state index in [4.69, 9.17) is 5.73 Å². The molecule has 0 aliphatic rings. The van der Waals surface area contributed by atoms with Crippen molar-refractivity contribution in [3.8, 4) is 0 Å². The van der Waals surface area contributed by atoms with Crippen LogP contribution >= 0.6 is 0 Å². The average molecular weight is 274 g/mol. The van der Waals surface area contributed by atoms with Gasteiger partial charge in [0.2, 0.25) is 0 Å². The summed E-state index contributed by atoms with van der Waals surface area (Å²) in [6.07, 6.45) is 1.20. The number of nitrogens with two attached hydrogens (primary N) is 1. The summed E-state index contributed by atoms with van der Waals surface area (Å²) >= 11 is 0. The normalized spacial score (nSPS) is 13.8. The van der Waals surface area contributed by atoms with Crippen LogP contribution in [0, 0.1) is 5.82 Å². The van der Waals surface area contributed by atoms with E-state index in [2.05, 4.69) is 0 Å². The number of hydrogen-bond donors (Lipinski definition) is 1. The van der Waals surface area contributed by atoms with E-state index in [0.29, 0.717) is 18.7 Å². The summed E-state index contributed by atoms with van der Waals surface area (Å²) in [5.74, 6) is -0.221. The predicted molar refractivity (Wildman–Crippen MR) is 70.5 cm³/mol. The van der Waals surface area contributed by atoms with Crippen LogP contribution in [-0.2, 0) is 9.84 Å². The molecular formula is C12H19FN2O2S. The van der Waals surface area contributed by atoms with Crippen molar-refractivity contribution in [2.75, 3.05) is 32.1 Å². The summed E-state index contributed by atoms with van der Waals surface area (Å²) in [5, 5.41) is 0. The Bertz CT molecular complexity index is 491. The summed E-state index contributed by atoms with van der Waals surface area (Å²) in [4.78, 5) is 1.83. The first-order chi connectivity index (χ1) is 8.28. The number of nitrogens with zero attached hydrogens (tertiary/aromatic N) is 1. The lowest BCUT2D eigenvalue weighted by atomic mass is 10.1. The predicted octanol–water partition coefficient (Wildman–Crippen LogP) is 0.802. The lowest BCUT2D eigenvalue weighted by Crippen LogP contribution is -2.32. The number of sulfone groups is 1. The molecule has 0 saturated heterocycles. The zero-order chi connectivity index (χ0) is 13.8. The van der Waals surface area contributed by atoms with Gasteiger partial charge in [-0.05, 0) is 24.7 Å². The van der Waals surface area contributed by atoms with Crippen molar-refractivity contribution < 1.29 is 12.8 Å². The maximum atomic E-state index is 13.0. The Morgan fingerprint density at radius 1 is 1.44 bits per heavy atom. The SMILES string of the molecule is CN(CCS(C)(=O)=O)CC(N)c1cccc(F)c1. The molecule has 2 N–H and O–H groups in total. The van der Waals surface area contributed by atoms with E-state index in [-0.39, 0.29) is 17.6 Å². The van der Waals surface area contributed by atoms with Crippen molar-refractivity contribution in [3.63, 3.8) is 0 Å². The quantitative estimate of drug-likeness (QED) is 0.833. The monoisotopic (exact) mass is 274 g/mol. The van der Waals surface area contributed by atoms with Crippen LogP contribution in [0.15, 0.2) is 24.3 Å². The van der Waals surface area contributed by atoms with Gasteiger partial charge in [-0.1, -0.05) is 12.1 Å². The Hall–Kier alpha value is -0.980. The molecular weight excluding hydrogens is 255 g/mol. The lowest BCUT2D eigenvalue weighted by molar-refractivity contribution is 0.329. The van der Waals surface area contributed by atoms with Gasteiger partial charge in [0.1, 0.15) is 15.7 Å². The Labute approximate surface area is 108 Å². The third kappa shape index (κ3) is 5.57. The third-order valence-electron chi connectivity index (χ3n) is 2.63. The van der Waals surface area contributed by atoms with E-state index in [1.165, 1.54) is 18.4 Å². The van der Waals surface area contributed by atoms with Gasteiger partial charge >= 0.3 is 0 Å². The Kier molecular flexibility index (Phi) is 5.25. The molecule has 6 heteroatoms. The van der Waals surface area contributed by atoms with E-state index in [1.807, 2.05) is 4.90 Å². The van der Waals surface area contributed by atoms with Crippen molar-refractivity contribution >= 4 is 9.84 Å². The Morgan fingerprint density at radius 2 is 2.11 bits per heavy atom. The van der Waals surface area contributed by atoms with Crippen LogP contribution in [0.3, 0.4) is 0 Å². The molecule has 102 valence electrons. The second-order valence-corrected chi connectivity index (χ2v) is 6.81. The molecule has 0 aliphatic heterocycles. The minimum atomic E-state index is -2.97. The second-order valence-electron chi connectivity index (χ2n) is 4.55. The minimum absolute atomic E-state index is 0.0966. The van der Waals surface area contributed by atoms with Crippen LogP contribution < -0.4 is 5.73 Å². The van der Waals surface area contributed by atoms with E-state index in [1.54, 1.807) is 19.2 Å². The standard InChI is InChI=1S/C12H19FN2O2S/c1-15(6-7-18(2,16)17)9-12(14)10-4-3-5-11(13)8-10/h3-5,8,12H,6-7,9,14H2,1-2H3. The van der Waals surface area contributed by atoms with Gasteiger partial charge in [-0.25, -0.2) is 12.8 Å². The summed E-state index contributed by atoms with van der Waals surface area (Å²) in [7, 11) is -1.17. The molecule has 0 fully saturated rings. The molecule has 0 saturated carbocycles. The molecule has 0 amide bonds. The largest absolute Gasteiger partial charge is 0.323 e. The highest BCUT2D eigenvalue weighted by atomic mass is 32.2. The van der Waals surface area contributed by atoms with Crippen molar-refractivity contribution in [1.29, 1.82) is 0 Å². The minimum Gasteiger partial charge on any atom is -0.323 e. The molecule has 0 aromatic heterocycles. The summed E-state index contributed by atoms with van der Waals surface area (Å²) in [5.41, 5.74) is 6.66. The molecule has 1 atom stereocenters. The van der Waals surface area contributed by atoms with Crippen LogP contribution in [-0.4, -0.2) is 45.5 Å². The van der Waals surface area contributed by atoms with Gasteiger partial charge in [0.15, 0.2) is 0 Å². The highest BCUT2D eigenvalue weighted by Gasteiger charge is 2.11. The molecule has 1 aromatic rings. The zero-order valence-electron chi connectivity index (χ0n) is 10.6. The van der Waals surface area contributed by atoms with E-state index in [9.17, 15) is 12.8 Å². The number of hydrogen-bond acceptors (Lipinski definition) is 4. The molecule has 18 heavy (non-hydrogen) atoms. The van der Waals surface area contributed by atoms with Gasteiger partial charge in [0.05, 0.1) is 5.75 Å². The molecule has 0 spiro atoms. The van der Waals surface area contributed by atoms with Gasteiger partial charge in [-0.15, -0.1) is 0 Å². The first kappa shape index (κ1) is 15.1. The smallest absolute Gasteiger partial charge is 0.148 e. The highest BCUT2D eigenvalue weighted by molar-refractivity contribution is 7.90. The lowest BCUT2D eigenvalue weighted by Gasteiger charge is -2.21. The van der Waals surface area contributed by atoms with Gasteiger partial charge < -0.3 is 10.6 Å². The van der Waals surface area contributed by atoms with Crippen LogP contribution in [0.1, 0.15) is 11.6 Å². The van der Waals surface area contributed by atoms with Crippen molar-refractivity contribution in [2.45, 2.75) is 6.04 Å². The zero-order valence-corrected chi connectivity index (χ0v) is 11.5. The van der Waals surface area contributed by atoms with Gasteiger partial charge in [0.25, 0.3) is 0 Å². The van der Waals surface area contributed by atoms with Crippen molar-refractivity contribution in [1.82, 2.24) is 4.90 Å². The highest BCUT2D eigenvalue weighted by Crippen LogP contribution is 2.12. The van der Waals surface area contributed by atoms with Gasteiger partial charge in [-0.3, -0.25) is 0 Å². The fourth-order valence-corrected chi connectivity index (χ4v) is 2.23. The molecule has 0 bridgehead atoms.